The van der Waals surface area contributed by atoms with Gasteiger partial charge in [-0.3, -0.25) is 23.2 Å². The summed E-state index contributed by atoms with van der Waals surface area (Å²) in [5.41, 5.74) is 0. The first-order chi connectivity index (χ1) is 28.6. The van der Waals surface area contributed by atoms with Crippen LogP contribution in [0.1, 0.15) is 181 Å². The molecule has 0 amide bonds. The van der Waals surface area contributed by atoms with Crippen molar-refractivity contribution in [1.29, 1.82) is 0 Å². The summed E-state index contributed by atoms with van der Waals surface area (Å²) in [7, 11) is -9.71. The number of allylic oxidation sites excluding steroid dienone is 5. The number of phosphoric ester groups is 2. The number of unbranched alkanes of at least 4 members (excludes halogenated alkanes) is 17. The van der Waals surface area contributed by atoms with Gasteiger partial charge < -0.3 is 34.4 Å². The Labute approximate surface area is 361 Å². The maximum atomic E-state index is 12.7. The molecular formula is C44H82O14P2. The first kappa shape index (κ1) is 58.3. The fourth-order valence-electron chi connectivity index (χ4n) is 6.13. The van der Waals surface area contributed by atoms with E-state index in [2.05, 4.69) is 42.0 Å². The molecule has 352 valence electrons. The highest BCUT2D eigenvalue weighted by Gasteiger charge is 2.28. The van der Waals surface area contributed by atoms with Crippen LogP contribution in [0, 0.1) is 5.92 Å². The SMILES string of the molecule is CC/C=C/C/C=C/C=C/C(O)CCCCCCCC(=O)O[C@H](COC(=O)CCCCCCCCCCCCCCCCC(C)C)COP(=O)(O)OC[C@@H](O)COP(=O)(O)O. The van der Waals surface area contributed by atoms with Crippen molar-refractivity contribution < 1.29 is 66.7 Å². The van der Waals surface area contributed by atoms with E-state index in [1.54, 1.807) is 6.08 Å². The number of carbonyl (C=O) groups is 2. The minimum atomic E-state index is -4.87. The van der Waals surface area contributed by atoms with Crippen LogP contribution in [0.15, 0.2) is 36.5 Å². The molecule has 0 saturated heterocycles. The topological polar surface area (TPSA) is 216 Å². The highest BCUT2D eigenvalue weighted by Crippen LogP contribution is 2.43. The lowest BCUT2D eigenvalue weighted by atomic mass is 10.0. The van der Waals surface area contributed by atoms with Crippen LogP contribution in [0.4, 0.5) is 0 Å². The van der Waals surface area contributed by atoms with Crippen LogP contribution in [-0.2, 0) is 41.8 Å². The van der Waals surface area contributed by atoms with Crippen molar-refractivity contribution >= 4 is 27.6 Å². The van der Waals surface area contributed by atoms with E-state index in [1.165, 1.54) is 70.6 Å². The fraction of sp³-hybridized carbons (Fsp3) is 0.818. The van der Waals surface area contributed by atoms with E-state index in [0.717, 1.165) is 63.7 Å². The van der Waals surface area contributed by atoms with Gasteiger partial charge in [-0.1, -0.05) is 173 Å². The molecule has 0 radical (unpaired) electrons. The zero-order valence-corrected chi connectivity index (χ0v) is 38.9. The van der Waals surface area contributed by atoms with Crippen molar-refractivity contribution in [2.24, 2.45) is 5.92 Å². The van der Waals surface area contributed by atoms with Crippen LogP contribution in [0.5, 0.6) is 0 Å². The van der Waals surface area contributed by atoms with Crippen LogP contribution < -0.4 is 0 Å². The van der Waals surface area contributed by atoms with Crippen molar-refractivity contribution in [3.8, 4) is 0 Å². The van der Waals surface area contributed by atoms with Crippen LogP contribution >= 0.6 is 15.6 Å². The average Bonchev–Trinajstić information content (AvgIpc) is 3.19. The summed E-state index contributed by atoms with van der Waals surface area (Å²) in [6.45, 7) is 3.86. The first-order valence-electron chi connectivity index (χ1n) is 22.6. The standard InChI is InChI=1S/C44H82O14P2/c1-4-5-6-7-16-21-26-31-40(45)32-27-22-19-24-29-34-44(48)58-42(38-57-60(52,53)56-36-41(46)35-55-59(49,50)51)37-54-43(47)33-28-23-18-15-13-11-9-8-10-12-14-17-20-25-30-39(2)3/h5-6,16,21,26,31,39-42,45-46H,4,7-15,17-20,22-25,27-30,32-38H2,1-3H3,(H,52,53)(H2,49,50,51)/b6-5+,21-16+,31-26+/t40?,41-,42+/m0/s1. The van der Waals surface area contributed by atoms with Crippen LogP contribution in [0.25, 0.3) is 0 Å². The summed E-state index contributed by atoms with van der Waals surface area (Å²) in [5, 5.41) is 19.9. The Kier molecular flexibility index (Phi) is 37.8. The lowest BCUT2D eigenvalue weighted by molar-refractivity contribution is -0.161. The Bertz CT molecular complexity index is 1240. The zero-order valence-electron chi connectivity index (χ0n) is 37.1. The number of aliphatic hydroxyl groups excluding tert-OH is 2. The van der Waals surface area contributed by atoms with Crippen LogP contribution in [0.2, 0.25) is 0 Å². The summed E-state index contributed by atoms with van der Waals surface area (Å²) >= 11 is 0. The van der Waals surface area contributed by atoms with Gasteiger partial charge in [0.05, 0.1) is 25.9 Å². The third kappa shape index (κ3) is 43.0. The predicted molar refractivity (Wildman–Crippen MR) is 236 cm³/mol. The Morgan fingerprint density at radius 1 is 0.567 bits per heavy atom. The molecule has 0 aliphatic rings. The van der Waals surface area contributed by atoms with E-state index in [9.17, 15) is 33.8 Å². The minimum absolute atomic E-state index is 0.0628. The van der Waals surface area contributed by atoms with Gasteiger partial charge in [0.2, 0.25) is 0 Å². The monoisotopic (exact) mass is 897 g/mol. The van der Waals surface area contributed by atoms with Crippen molar-refractivity contribution in [2.45, 2.75) is 200 Å². The molecule has 14 nitrogen and oxygen atoms in total. The van der Waals surface area contributed by atoms with Gasteiger partial charge in [-0.25, -0.2) is 9.13 Å². The Morgan fingerprint density at radius 3 is 1.58 bits per heavy atom. The normalized spacial score (nSPS) is 14.9. The molecule has 0 aromatic rings. The number of carbonyl (C=O) groups excluding carboxylic acids is 2. The Morgan fingerprint density at radius 2 is 1.05 bits per heavy atom. The summed E-state index contributed by atoms with van der Waals surface area (Å²) in [6, 6.07) is 0. The van der Waals surface area contributed by atoms with E-state index in [1.807, 2.05) is 18.2 Å². The summed E-state index contributed by atoms with van der Waals surface area (Å²) in [4.78, 5) is 52.7. The minimum Gasteiger partial charge on any atom is -0.462 e. The number of rotatable bonds is 42. The molecule has 0 aromatic heterocycles. The van der Waals surface area contributed by atoms with Crippen molar-refractivity contribution in [3.63, 3.8) is 0 Å². The van der Waals surface area contributed by atoms with Crippen molar-refractivity contribution in [3.05, 3.63) is 36.5 Å². The molecular weight excluding hydrogens is 814 g/mol. The van der Waals surface area contributed by atoms with Crippen LogP contribution in [-0.4, -0.2) is 81.6 Å². The lowest BCUT2D eigenvalue weighted by Gasteiger charge is -2.20. The number of hydrogen-bond acceptors (Lipinski definition) is 11. The molecule has 0 heterocycles. The second kappa shape index (κ2) is 38.9. The van der Waals surface area contributed by atoms with E-state index < -0.39 is 72.3 Å². The van der Waals surface area contributed by atoms with Crippen LogP contribution in [0.3, 0.4) is 0 Å². The van der Waals surface area contributed by atoms with Gasteiger partial charge in [0.25, 0.3) is 0 Å². The smallest absolute Gasteiger partial charge is 0.462 e. The molecule has 0 aromatic carbocycles. The Balaban J connectivity index is 4.55. The van der Waals surface area contributed by atoms with Gasteiger partial charge in [0.1, 0.15) is 12.7 Å². The molecule has 0 saturated carbocycles. The van der Waals surface area contributed by atoms with Crippen molar-refractivity contribution in [2.75, 3.05) is 26.4 Å². The van der Waals surface area contributed by atoms with Gasteiger partial charge in [0, 0.05) is 12.8 Å². The van der Waals surface area contributed by atoms with Gasteiger partial charge >= 0.3 is 27.6 Å². The molecule has 0 aliphatic carbocycles. The van der Waals surface area contributed by atoms with Gasteiger partial charge in [-0.05, 0) is 38.0 Å². The van der Waals surface area contributed by atoms with E-state index in [-0.39, 0.29) is 12.8 Å². The second-order valence-electron chi connectivity index (χ2n) is 16.0. The predicted octanol–water partition coefficient (Wildman–Crippen LogP) is 10.5. The highest BCUT2D eigenvalue weighted by atomic mass is 31.2. The maximum Gasteiger partial charge on any atom is 0.472 e. The third-order valence-corrected chi connectivity index (χ3v) is 11.0. The van der Waals surface area contributed by atoms with E-state index in [4.69, 9.17) is 23.8 Å². The van der Waals surface area contributed by atoms with E-state index in [0.29, 0.717) is 19.3 Å². The molecule has 0 spiro atoms. The molecule has 5 N–H and O–H groups in total. The molecule has 16 heteroatoms. The summed E-state index contributed by atoms with van der Waals surface area (Å²) in [6.07, 6.45) is 33.0. The lowest BCUT2D eigenvalue weighted by Crippen LogP contribution is -2.30. The number of hydrogen-bond donors (Lipinski definition) is 5. The van der Waals surface area contributed by atoms with Crippen molar-refractivity contribution in [1.82, 2.24) is 0 Å². The molecule has 4 atom stereocenters. The zero-order chi connectivity index (χ0) is 44.7. The molecule has 0 aliphatic heterocycles. The van der Waals surface area contributed by atoms with Gasteiger partial charge in [-0.15, -0.1) is 0 Å². The van der Waals surface area contributed by atoms with Gasteiger partial charge in [0.15, 0.2) is 6.10 Å². The maximum absolute atomic E-state index is 12.7. The number of phosphoric acid groups is 2. The summed E-state index contributed by atoms with van der Waals surface area (Å²) in [5.74, 6) is -0.296. The van der Waals surface area contributed by atoms with Gasteiger partial charge in [-0.2, -0.15) is 0 Å². The fourth-order valence-corrected chi connectivity index (χ4v) is 7.28. The number of ether oxygens (including phenoxy) is 2. The molecule has 2 unspecified atom stereocenters. The van der Waals surface area contributed by atoms with E-state index >= 15 is 0 Å². The molecule has 0 bridgehead atoms. The number of aliphatic hydroxyl groups is 2. The largest absolute Gasteiger partial charge is 0.472 e. The molecule has 0 rings (SSSR count). The Hall–Kier alpha value is -1.70. The first-order valence-corrected chi connectivity index (χ1v) is 25.7. The molecule has 0 fully saturated rings. The quantitative estimate of drug-likeness (QED) is 0.0127. The second-order valence-corrected chi connectivity index (χ2v) is 18.7. The molecule has 60 heavy (non-hydrogen) atoms. The summed E-state index contributed by atoms with van der Waals surface area (Å²) < 4.78 is 47.8. The third-order valence-electron chi connectivity index (χ3n) is 9.57. The highest BCUT2D eigenvalue weighted by molar-refractivity contribution is 7.47. The number of esters is 2. The average molecular weight is 897 g/mol.